The van der Waals surface area contributed by atoms with Crippen molar-refractivity contribution >= 4 is 0 Å². The third-order valence-electron chi connectivity index (χ3n) is 4.28. The normalized spacial score (nSPS) is 37.6. The van der Waals surface area contributed by atoms with Crippen LogP contribution in [0.15, 0.2) is 0 Å². The molecule has 1 heterocycles. The SMILES string of the molecule is CN1CCCNCC1C1CCC(C#N)CC1. The van der Waals surface area contributed by atoms with E-state index in [1.807, 2.05) is 0 Å². The van der Waals surface area contributed by atoms with Crippen molar-refractivity contribution in [3.8, 4) is 6.07 Å². The molecular weight excluding hydrogens is 198 g/mol. The highest BCUT2D eigenvalue weighted by atomic mass is 15.2. The highest BCUT2D eigenvalue weighted by molar-refractivity contribution is 4.91. The van der Waals surface area contributed by atoms with Crippen molar-refractivity contribution in [2.24, 2.45) is 11.8 Å². The van der Waals surface area contributed by atoms with E-state index >= 15 is 0 Å². The van der Waals surface area contributed by atoms with Gasteiger partial charge in [0.15, 0.2) is 0 Å². The first-order chi connectivity index (χ1) is 7.81. The quantitative estimate of drug-likeness (QED) is 0.731. The minimum absolute atomic E-state index is 0.334. The Kier molecular flexibility index (Phi) is 4.20. The van der Waals surface area contributed by atoms with Crippen LogP contribution in [0.5, 0.6) is 0 Å². The molecule has 3 nitrogen and oxygen atoms in total. The predicted octanol–water partition coefficient (Wildman–Crippen LogP) is 1.61. The minimum atomic E-state index is 0.334. The Morgan fingerprint density at radius 1 is 1.25 bits per heavy atom. The Morgan fingerprint density at radius 3 is 2.69 bits per heavy atom. The lowest BCUT2D eigenvalue weighted by Crippen LogP contribution is -2.43. The molecule has 0 aromatic rings. The first-order valence-corrected chi connectivity index (χ1v) is 6.62. The van der Waals surface area contributed by atoms with Crippen molar-refractivity contribution in [3.63, 3.8) is 0 Å². The number of nitrogens with zero attached hydrogens (tertiary/aromatic N) is 2. The van der Waals surface area contributed by atoms with Crippen LogP contribution < -0.4 is 5.32 Å². The van der Waals surface area contributed by atoms with E-state index in [0.717, 1.165) is 31.8 Å². The van der Waals surface area contributed by atoms with Gasteiger partial charge in [0.05, 0.1) is 6.07 Å². The Balaban J connectivity index is 1.89. The lowest BCUT2D eigenvalue weighted by molar-refractivity contribution is 0.145. The molecule has 90 valence electrons. The third kappa shape index (κ3) is 2.75. The highest BCUT2D eigenvalue weighted by Crippen LogP contribution is 2.32. The van der Waals surface area contributed by atoms with Gasteiger partial charge in [0.25, 0.3) is 0 Å². The van der Waals surface area contributed by atoms with Crippen LogP contribution in [0, 0.1) is 23.2 Å². The first-order valence-electron chi connectivity index (χ1n) is 6.62. The fourth-order valence-corrected chi connectivity index (χ4v) is 3.18. The molecule has 3 heteroatoms. The summed E-state index contributed by atoms with van der Waals surface area (Å²) in [5.74, 6) is 1.14. The maximum Gasteiger partial charge on any atom is 0.0655 e. The van der Waals surface area contributed by atoms with Crippen molar-refractivity contribution in [1.82, 2.24) is 10.2 Å². The van der Waals surface area contributed by atoms with Crippen molar-refractivity contribution in [3.05, 3.63) is 0 Å². The molecule has 0 radical (unpaired) electrons. The third-order valence-corrected chi connectivity index (χ3v) is 4.28. The number of nitrogens with one attached hydrogen (secondary N) is 1. The summed E-state index contributed by atoms with van der Waals surface area (Å²) < 4.78 is 0. The van der Waals surface area contributed by atoms with Crippen LogP contribution in [0.2, 0.25) is 0 Å². The van der Waals surface area contributed by atoms with Crippen LogP contribution in [0.4, 0.5) is 0 Å². The zero-order valence-corrected chi connectivity index (χ0v) is 10.3. The average molecular weight is 221 g/mol. The molecule has 1 unspecified atom stereocenters. The molecule has 1 saturated heterocycles. The van der Waals surface area contributed by atoms with Gasteiger partial charge in [-0.05, 0) is 58.2 Å². The Morgan fingerprint density at radius 2 is 2.00 bits per heavy atom. The molecule has 1 saturated carbocycles. The molecule has 1 N–H and O–H groups in total. The van der Waals surface area contributed by atoms with E-state index in [-0.39, 0.29) is 0 Å². The van der Waals surface area contributed by atoms with E-state index in [1.165, 1.54) is 25.8 Å². The van der Waals surface area contributed by atoms with Crippen LogP contribution >= 0.6 is 0 Å². The molecule has 0 aromatic heterocycles. The predicted molar refractivity (Wildman–Crippen MR) is 65.0 cm³/mol. The minimum Gasteiger partial charge on any atom is -0.315 e. The molecule has 1 atom stereocenters. The number of hydrogen-bond donors (Lipinski definition) is 1. The molecule has 0 amide bonds. The Hall–Kier alpha value is -0.590. The smallest absolute Gasteiger partial charge is 0.0655 e. The molecule has 16 heavy (non-hydrogen) atoms. The molecule has 2 rings (SSSR count). The molecule has 1 aliphatic heterocycles. The monoisotopic (exact) mass is 221 g/mol. The first kappa shape index (κ1) is 11.9. The van der Waals surface area contributed by atoms with Gasteiger partial charge in [-0.1, -0.05) is 0 Å². The standard InChI is InChI=1S/C13H23N3/c1-16-8-2-7-15-10-13(16)12-5-3-11(9-14)4-6-12/h11-13,15H,2-8,10H2,1H3. The molecular formula is C13H23N3. The topological polar surface area (TPSA) is 39.1 Å². The van der Waals surface area contributed by atoms with E-state index in [4.69, 9.17) is 5.26 Å². The maximum atomic E-state index is 8.91. The van der Waals surface area contributed by atoms with E-state index < -0.39 is 0 Å². The number of nitriles is 1. The van der Waals surface area contributed by atoms with E-state index in [9.17, 15) is 0 Å². The van der Waals surface area contributed by atoms with E-state index in [0.29, 0.717) is 12.0 Å². The second-order valence-corrected chi connectivity index (χ2v) is 5.35. The summed E-state index contributed by atoms with van der Waals surface area (Å²) in [4.78, 5) is 2.53. The summed E-state index contributed by atoms with van der Waals surface area (Å²) in [5.41, 5.74) is 0. The van der Waals surface area contributed by atoms with E-state index in [1.54, 1.807) is 0 Å². The summed E-state index contributed by atoms with van der Waals surface area (Å²) in [6.45, 7) is 3.52. The van der Waals surface area contributed by atoms with Crippen LogP contribution in [0.1, 0.15) is 32.1 Å². The van der Waals surface area contributed by atoms with Crippen molar-refractivity contribution in [2.45, 2.75) is 38.1 Å². The molecule has 0 aromatic carbocycles. The van der Waals surface area contributed by atoms with E-state index in [2.05, 4.69) is 23.3 Å². The van der Waals surface area contributed by atoms with Crippen LogP contribution in [-0.4, -0.2) is 37.6 Å². The largest absolute Gasteiger partial charge is 0.315 e. The Bertz CT molecular complexity index is 250. The van der Waals surface area contributed by atoms with Gasteiger partial charge in [-0.2, -0.15) is 5.26 Å². The summed E-state index contributed by atoms with van der Waals surface area (Å²) >= 11 is 0. The van der Waals surface area contributed by atoms with Gasteiger partial charge in [-0.15, -0.1) is 0 Å². The number of hydrogen-bond acceptors (Lipinski definition) is 3. The molecule has 0 bridgehead atoms. The number of rotatable bonds is 1. The van der Waals surface area contributed by atoms with Gasteiger partial charge in [0.1, 0.15) is 0 Å². The summed E-state index contributed by atoms with van der Waals surface area (Å²) in [6, 6.07) is 3.12. The van der Waals surface area contributed by atoms with Gasteiger partial charge in [0, 0.05) is 18.5 Å². The lowest BCUT2D eigenvalue weighted by Gasteiger charge is -2.36. The fourth-order valence-electron chi connectivity index (χ4n) is 3.18. The van der Waals surface area contributed by atoms with Crippen LogP contribution in [0.25, 0.3) is 0 Å². The summed E-state index contributed by atoms with van der Waals surface area (Å²) in [7, 11) is 2.26. The van der Waals surface area contributed by atoms with Gasteiger partial charge in [-0.3, -0.25) is 0 Å². The van der Waals surface area contributed by atoms with Crippen LogP contribution in [0.3, 0.4) is 0 Å². The van der Waals surface area contributed by atoms with Crippen molar-refractivity contribution in [2.75, 3.05) is 26.7 Å². The van der Waals surface area contributed by atoms with Gasteiger partial charge in [0.2, 0.25) is 0 Å². The second kappa shape index (κ2) is 5.65. The Labute approximate surface area is 98.8 Å². The second-order valence-electron chi connectivity index (χ2n) is 5.35. The molecule has 2 aliphatic rings. The summed E-state index contributed by atoms with van der Waals surface area (Å²) in [5, 5.41) is 12.5. The van der Waals surface area contributed by atoms with Crippen LogP contribution in [-0.2, 0) is 0 Å². The fraction of sp³-hybridized carbons (Fsp3) is 0.923. The molecule has 0 spiro atoms. The van der Waals surface area contributed by atoms with Crippen molar-refractivity contribution < 1.29 is 0 Å². The lowest BCUT2D eigenvalue weighted by atomic mass is 9.78. The number of likely N-dealkylation sites (N-methyl/N-ethyl adjacent to an activating group) is 1. The van der Waals surface area contributed by atoms with Gasteiger partial charge >= 0.3 is 0 Å². The highest BCUT2D eigenvalue weighted by Gasteiger charge is 2.30. The molecule has 1 aliphatic carbocycles. The average Bonchev–Trinajstić information content (AvgIpc) is 2.54. The van der Waals surface area contributed by atoms with Crippen molar-refractivity contribution in [1.29, 1.82) is 5.26 Å². The zero-order valence-electron chi connectivity index (χ0n) is 10.3. The molecule has 2 fully saturated rings. The summed E-state index contributed by atoms with van der Waals surface area (Å²) in [6.07, 6.45) is 5.99. The zero-order chi connectivity index (χ0) is 11.4. The van der Waals surface area contributed by atoms with Gasteiger partial charge < -0.3 is 10.2 Å². The maximum absolute atomic E-state index is 8.91. The van der Waals surface area contributed by atoms with Gasteiger partial charge in [-0.25, -0.2) is 0 Å².